The fraction of sp³-hybridized carbons (Fsp3) is 0.833. The van der Waals surface area contributed by atoms with Gasteiger partial charge in [-0.1, -0.05) is 13.3 Å². The summed E-state index contributed by atoms with van der Waals surface area (Å²) in [6.07, 6.45) is 3.84. The summed E-state index contributed by atoms with van der Waals surface area (Å²) in [6, 6.07) is 0. The summed E-state index contributed by atoms with van der Waals surface area (Å²) in [7, 11) is 0. The van der Waals surface area contributed by atoms with Crippen LogP contribution in [0.2, 0.25) is 0 Å². The fourth-order valence-corrected chi connectivity index (χ4v) is 2.40. The summed E-state index contributed by atoms with van der Waals surface area (Å²) in [5.41, 5.74) is 0. The van der Waals surface area contributed by atoms with E-state index in [-0.39, 0.29) is 11.2 Å². The highest BCUT2D eigenvalue weighted by Gasteiger charge is 2.14. The van der Waals surface area contributed by atoms with Crippen molar-refractivity contribution in [2.24, 2.45) is 0 Å². The van der Waals surface area contributed by atoms with Crippen LogP contribution in [0.5, 0.6) is 0 Å². The summed E-state index contributed by atoms with van der Waals surface area (Å²) >= 11 is 1.48. The number of carbonyl (C=O) groups is 2. The van der Waals surface area contributed by atoms with Crippen molar-refractivity contribution in [2.75, 3.05) is 12.4 Å². The second-order valence-corrected chi connectivity index (χ2v) is 5.03. The molecule has 0 spiro atoms. The lowest BCUT2D eigenvalue weighted by Crippen LogP contribution is -2.15. The minimum absolute atomic E-state index is 0.142. The molecule has 1 atom stereocenters. The highest BCUT2D eigenvalue weighted by Crippen LogP contribution is 2.17. The van der Waals surface area contributed by atoms with Gasteiger partial charge in [0.05, 0.1) is 6.61 Å². The molecule has 100 valence electrons. The molecule has 0 heterocycles. The van der Waals surface area contributed by atoms with Crippen LogP contribution >= 0.6 is 11.8 Å². The molecule has 0 aromatic rings. The highest BCUT2D eigenvalue weighted by molar-refractivity contribution is 8.00. The number of aliphatic carboxylic acids is 1. The molecule has 0 fully saturated rings. The Morgan fingerprint density at radius 2 is 1.94 bits per heavy atom. The number of ether oxygens (including phenoxy) is 1. The number of carboxylic acid groups (broad SMARTS) is 1. The average molecular weight is 262 g/mol. The molecule has 17 heavy (non-hydrogen) atoms. The van der Waals surface area contributed by atoms with Crippen molar-refractivity contribution in [3.63, 3.8) is 0 Å². The van der Waals surface area contributed by atoms with E-state index in [0.29, 0.717) is 19.4 Å². The molecule has 1 unspecified atom stereocenters. The van der Waals surface area contributed by atoms with E-state index in [1.54, 1.807) is 6.92 Å². The lowest BCUT2D eigenvalue weighted by atomic mass is 10.2. The minimum Gasteiger partial charge on any atom is -0.480 e. The van der Waals surface area contributed by atoms with Gasteiger partial charge in [0.1, 0.15) is 5.25 Å². The van der Waals surface area contributed by atoms with Crippen molar-refractivity contribution < 1.29 is 19.4 Å². The molecule has 1 N–H and O–H groups in total. The maximum atomic E-state index is 11.0. The van der Waals surface area contributed by atoms with Gasteiger partial charge in [0.2, 0.25) is 0 Å². The van der Waals surface area contributed by atoms with Crippen molar-refractivity contribution in [3.05, 3.63) is 0 Å². The summed E-state index contributed by atoms with van der Waals surface area (Å²) in [4.78, 5) is 21.7. The number of carbonyl (C=O) groups excluding carboxylic acids is 1. The molecular formula is C12H22O4S. The molecule has 0 rings (SSSR count). The Morgan fingerprint density at radius 1 is 1.24 bits per heavy atom. The van der Waals surface area contributed by atoms with E-state index in [4.69, 9.17) is 9.84 Å². The van der Waals surface area contributed by atoms with Crippen molar-refractivity contribution in [1.29, 1.82) is 0 Å². The molecule has 0 aliphatic rings. The monoisotopic (exact) mass is 262 g/mol. The van der Waals surface area contributed by atoms with Gasteiger partial charge in [-0.3, -0.25) is 9.59 Å². The van der Waals surface area contributed by atoms with Gasteiger partial charge in [-0.25, -0.2) is 0 Å². The van der Waals surface area contributed by atoms with Crippen molar-refractivity contribution in [2.45, 2.75) is 51.2 Å². The molecule has 0 amide bonds. The Hall–Kier alpha value is -0.710. The van der Waals surface area contributed by atoms with E-state index < -0.39 is 5.97 Å². The molecule has 0 saturated carbocycles. The number of carboxylic acids is 1. The van der Waals surface area contributed by atoms with E-state index in [9.17, 15) is 9.59 Å². The third kappa shape index (κ3) is 9.03. The molecule has 0 saturated heterocycles. The quantitative estimate of drug-likeness (QED) is 0.484. The number of hydrogen-bond acceptors (Lipinski definition) is 4. The first-order chi connectivity index (χ1) is 8.11. The molecule has 4 nitrogen and oxygen atoms in total. The summed E-state index contributed by atoms with van der Waals surface area (Å²) < 4.78 is 4.81. The molecule has 5 heteroatoms. The molecule has 0 bridgehead atoms. The lowest BCUT2D eigenvalue weighted by Gasteiger charge is -2.08. The van der Waals surface area contributed by atoms with Crippen LogP contribution in [0.15, 0.2) is 0 Å². The number of esters is 1. The Kier molecular flexibility index (Phi) is 10.0. The zero-order chi connectivity index (χ0) is 13.1. The van der Waals surface area contributed by atoms with Crippen LogP contribution in [0.3, 0.4) is 0 Å². The Balaban J connectivity index is 3.40. The van der Waals surface area contributed by atoms with E-state index >= 15 is 0 Å². The standard InChI is InChI=1S/C12H22O4S/c1-3-10(12(14)15)17-9-7-5-6-8-11(13)16-4-2/h10H,3-9H2,1-2H3,(H,14,15). The van der Waals surface area contributed by atoms with E-state index in [2.05, 4.69) is 0 Å². The Labute approximate surface area is 107 Å². The van der Waals surface area contributed by atoms with Crippen LogP contribution in [0.1, 0.15) is 46.0 Å². The first-order valence-corrected chi connectivity index (χ1v) is 7.16. The number of rotatable bonds is 10. The zero-order valence-corrected chi connectivity index (χ0v) is 11.4. The largest absolute Gasteiger partial charge is 0.480 e. The topological polar surface area (TPSA) is 63.6 Å². The maximum absolute atomic E-state index is 11.0. The SMILES string of the molecule is CCOC(=O)CCCCCSC(CC)C(=O)O. The molecule has 0 aromatic carbocycles. The Morgan fingerprint density at radius 3 is 2.47 bits per heavy atom. The van der Waals surface area contributed by atoms with Gasteiger partial charge in [-0.15, -0.1) is 11.8 Å². The molecule has 0 aliphatic heterocycles. The number of unbranched alkanes of at least 4 members (excludes halogenated alkanes) is 2. The number of hydrogen-bond donors (Lipinski definition) is 1. The minimum atomic E-state index is -0.732. The maximum Gasteiger partial charge on any atom is 0.316 e. The van der Waals surface area contributed by atoms with Gasteiger partial charge in [-0.2, -0.15) is 0 Å². The smallest absolute Gasteiger partial charge is 0.316 e. The molecular weight excluding hydrogens is 240 g/mol. The Bertz CT molecular complexity index is 231. The summed E-state index contributed by atoms with van der Waals surface area (Å²) in [5.74, 6) is -0.0330. The van der Waals surface area contributed by atoms with E-state index in [1.165, 1.54) is 11.8 Å². The van der Waals surface area contributed by atoms with Crippen LogP contribution in [0.25, 0.3) is 0 Å². The normalized spacial score (nSPS) is 12.1. The van der Waals surface area contributed by atoms with Gasteiger partial charge in [0.15, 0.2) is 0 Å². The van der Waals surface area contributed by atoms with Gasteiger partial charge in [0.25, 0.3) is 0 Å². The van der Waals surface area contributed by atoms with Crippen molar-refractivity contribution >= 4 is 23.7 Å². The summed E-state index contributed by atoms with van der Waals surface area (Å²) in [6.45, 7) is 4.11. The second kappa shape index (κ2) is 10.4. The molecule has 0 radical (unpaired) electrons. The second-order valence-electron chi connectivity index (χ2n) is 3.72. The third-order valence-corrected chi connectivity index (χ3v) is 3.76. The third-order valence-electron chi connectivity index (χ3n) is 2.30. The van der Waals surface area contributed by atoms with Gasteiger partial charge in [-0.05, 0) is 31.9 Å². The fourth-order valence-electron chi connectivity index (χ4n) is 1.37. The van der Waals surface area contributed by atoms with Crippen LogP contribution < -0.4 is 0 Å². The van der Waals surface area contributed by atoms with Crippen molar-refractivity contribution in [3.8, 4) is 0 Å². The van der Waals surface area contributed by atoms with Gasteiger partial charge >= 0.3 is 11.9 Å². The van der Waals surface area contributed by atoms with Gasteiger partial charge < -0.3 is 9.84 Å². The molecule has 0 aliphatic carbocycles. The van der Waals surface area contributed by atoms with Crippen LogP contribution in [0, 0.1) is 0 Å². The first kappa shape index (κ1) is 16.3. The zero-order valence-electron chi connectivity index (χ0n) is 10.6. The van der Waals surface area contributed by atoms with Crippen LogP contribution in [0.4, 0.5) is 0 Å². The predicted molar refractivity (Wildman–Crippen MR) is 69.3 cm³/mol. The first-order valence-electron chi connectivity index (χ1n) is 6.11. The molecule has 0 aromatic heterocycles. The van der Waals surface area contributed by atoms with E-state index in [0.717, 1.165) is 25.0 Å². The van der Waals surface area contributed by atoms with Crippen molar-refractivity contribution in [1.82, 2.24) is 0 Å². The van der Waals surface area contributed by atoms with Gasteiger partial charge in [0, 0.05) is 6.42 Å². The van der Waals surface area contributed by atoms with E-state index in [1.807, 2.05) is 6.92 Å². The average Bonchev–Trinajstić information content (AvgIpc) is 2.28. The van der Waals surface area contributed by atoms with Crippen LogP contribution in [-0.4, -0.2) is 34.7 Å². The predicted octanol–water partition coefficient (Wildman–Crippen LogP) is 2.71. The van der Waals surface area contributed by atoms with Crippen LogP contribution in [-0.2, 0) is 14.3 Å². The lowest BCUT2D eigenvalue weighted by molar-refractivity contribution is -0.143. The number of thioether (sulfide) groups is 1. The highest BCUT2D eigenvalue weighted by atomic mass is 32.2. The summed E-state index contributed by atoms with van der Waals surface area (Å²) in [5, 5.41) is 8.53.